The van der Waals surface area contributed by atoms with Gasteiger partial charge in [-0.1, -0.05) is 12.1 Å². The zero-order valence-electron chi connectivity index (χ0n) is 16.3. The molecule has 1 aliphatic heterocycles. The van der Waals surface area contributed by atoms with E-state index in [-0.39, 0.29) is 11.8 Å². The Labute approximate surface area is 163 Å². The van der Waals surface area contributed by atoms with Crippen molar-refractivity contribution >= 4 is 5.91 Å². The maximum atomic E-state index is 12.8. The van der Waals surface area contributed by atoms with Crippen molar-refractivity contribution in [3.05, 3.63) is 47.9 Å². The number of hydrogen-bond acceptors (Lipinski definition) is 6. The Morgan fingerprint density at radius 2 is 2.25 bits per heavy atom. The molecule has 1 atom stereocenters. The van der Waals surface area contributed by atoms with Crippen LogP contribution in [0.25, 0.3) is 0 Å². The van der Waals surface area contributed by atoms with Gasteiger partial charge in [-0.2, -0.15) is 0 Å². The molecule has 3 aromatic rings. The summed E-state index contributed by atoms with van der Waals surface area (Å²) in [4.78, 5) is 18.8. The number of likely N-dealkylation sites (tertiary alicyclic amines) is 1. The highest BCUT2D eigenvalue weighted by Gasteiger charge is 2.30. The average molecular weight is 383 g/mol. The first-order chi connectivity index (χ1) is 13.7. The van der Waals surface area contributed by atoms with Gasteiger partial charge in [0.05, 0.1) is 12.9 Å². The second-order valence-electron chi connectivity index (χ2n) is 7.29. The first kappa shape index (κ1) is 18.4. The summed E-state index contributed by atoms with van der Waals surface area (Å²) in [5.41, 5.74) is 0.392. The van der Waals surface area contributed by atoms with Crippen molar-refractivity contribution < 1.29 is 9.32 Å². The molecule has 0 aliphatic carbocycles. The van der Waals surface area contributed by atoms with Gasteiger partial charge < -0.3 is 18.6 Å². The summed E-state index contributed by atoms with van der Waals surface area (Å²) in [6.45, 7) is 4.04. The zero-order chi connectivity index (χ0) is 19.5. The van der Waals surface area contributed by atoms with Crippen LogP contribution in [0.1, 0.15) is 60.0 Å². The van der Waals surface area contributed by atoms with E-state index in [0.717, 1.165) is 49.6 Å². The van der Waals surface area contributed by atoms with Crippen LogP contribution in [0.15, 0.2) is 29.3 Å². The number of imidazole rings is 1. The second kappa shape index (κ2) is 7.95. The van der Waals surface area contributed by atoms with E-state index in [9.17, 15) is 4.79 Å². The Bertz CT molecular complexity index is 928. The number of piperidine rings is 1. The number of amides is 1. The summed E-state index contributed by atoms with van der Waals surface area (Å²) in [6.07, 6.45) is 9.09. The normalized spacial score (nSPS) is 17.2. The van der Waals surface area contributed by atoms with Gasteiger partial charge >= 0.3 is 0 Å². The van der Waals surface area contributed by atoms with Crippen molar-refractivity contribution in [2.24, 2.45) is 7.05 Å². The van der Waals surface area contributed by atoms with Crippen LogP contribution in [-0.4, -0.2) is 53.4 Å². The van der Waals surface area contributed by atoms with E-state index in [4.69, 9.17) is 4.52 Å². The lowest BCUT2D eigenvalue weighted by atomic mass is 9.97. The van der Waals surface area contributed by atoms with E-state index in [1.807, 2.05) is 27.3 Å². The Balaban J connectivity index is 1.46. The lowest BCUT2D eigenvalue weighted by molar-refractivity contribution is 0.0693. The van der Waals surface area contributed by atoms with Gasteiger partial charge in [-0.3, -0.25) is 4.79 Å². The van der Waals surface area contributed by atoms with Gasteiger partial charge in [0.25, 0.3) is 5.91 Å². The van der Waals surface area contributed by atoms with Crippen molar-refractivity contribution in [1.29, 1.82) is 0 Å². The summed E-state index contributed by atoms with van der Waals surface area (Å²) >= 11 is 0. The highest BCUT2D eigenvalue weighted by atomic mass is 16.5. The number of nitrogens with zero attached hydrogens (tertiary/aromatic N) is 7. The van der Waals surface area contributed by atoms with Crippen LogP contribution in [-0.2, 0) is 20.0 Å². The molecule has 4 heterocycles. The van der Waals surface area contributed by atoms with Crippen LogP contribution in [0.4, 0.5) is 0 Å². The predicted octanol–water partition coefficient (Wildman–Crippen LogP) is 2.02. The van der Waals surface area contributed by atoms with Crippen LogP contribution in [0.2, 0.25) is 0 Å². The molecule has 0 saturated carbocycles. The highest BCUT2D eigenvalue weighted by molar-refractivity contribution is 5.92. The van der Waals surface area contributed by atoms with Crippen molar-refractivity contribution in [1.82, 2.24) is 34.4 Å². The molecule has 9 nitrogen and oxygen atoms in total. The molecule has 0 unspecified atom stereocenters. The Kier molecular flexibility index (Phi) is 5.23. The molecule has 1 amide bonds. The smallest absolute Gasteiger partial charge is 0.276 e. The minimum absolute atomic E-state index is 0.0726. The fourth-order valence-electron chi connectivity index (χ4n) is 3.72. The number of hydrogen-bond donors (Lipinski definition) is 0. The molecule has 3 aromatic heterocycles. The Morgan fingerprint density at radius 3 is 3.04 bits per heavy atom. The van der Waals surface area contributed by atoms with E-state index >= 15 is 0 Å². The van der Waals surface area contributed by atoms with Gasteiger partial charge in [0.15, 0.2) is 11.5 Å². The highest BCUT2D eigenvalue weighted by Crippen LogP contribution is 2.27. The minimum Gasteiger partial charge on any atom is -0.361 e. The standard InChI is InChI=1S/C19H25N7O2/c1-3-5-15-10-16(23-28-15)19(27)26-8-4-6-14(11-26)18-22-21-17(24(18)2)12-25-9-7-20-13-25/h7,9-10,13-14H,3-6,8,11-12H2,1-2H3/t14-/m0/s1. The van der Waals surface area contributed by atoms with Gasteiger partial charge in [-0.15, -0.1) is 10.2 Å². The maximum Gasteiger partial charge on any atom is 0.276 e. The van der Waals surface area contributed by atoms with Crippen molar-refractivity contribution in [2.45, 2.75) is 45.1 Å². The molecule has 0 radical (unpaired) electrons. The van der Waals surface area contributed by atoms with Crippen LogP contribution < -0.4 is 0 Å². The quantitative estimate of drug-likeness (QED) is 0.646. The summed E-state index contributed by atoms with van der Waals surface area (Å²) in [7, 11) is 1.98. The summed E-state index contributed by atoms with van der Waals surface area (Å²) in [5.74, 6) is 2.64. The number of aromatic nitrogens is 6. The molecule has 0 bridgehead atoms. The van der Waals surface area contributed by atoms with Crippen molar-refractivity contribution in [2.75, 3.05) is 13.1 Å². The Hall–Kier alpha value is -2.97. The third kappa shape index (κ3) is 3.69. The topological polar surface area (TPSA) is 94.9 Å². The van der Waals surface area contributed by atoms with Crippen molar-refractivity contribution in [3.8, 4) is 0 Å². The molecule has 9 heteroatoms. The largest absolute Gasteiger partial charge is 0.361 e. The number of aryl methyl sites for hydroxylation is 1. The number of rotatable bonds is 6. The van der Waals surface area contributed by atoms with Gasteiger partial charge in [-0.25, -0.2) is 4.98 Å². The van der Waals surface area contributed by atoms with E-state index in [1.54, 1.807) is 18.6 Å². The van der Waals surface area contributed by atoms with E-state index in [0.29, 0.717) is 18.8 Å². The molecule has 1 saturated heterocycles. The summed E-state index contributed by atoms with van der Waals surface area (Å²) in [6, 6.07) is 1.76. The molecular weight excluding hydrogens is 358 g/mol. The molecule has 0 spiro atoms. The molecule has 1 fully saturated rings. The molecule has 0 N–H and O–H groups in total. The fraction of sp³-hybridized carbons (Fsp3) is 0.526. The average Bonchev–Trinajstić information content (AvgIpc) is 3.45. The molecule has 4 rings (SSSR count). The predicted molar refractivity (Wildman–Crippen MR) is 101 cm³/mol. The molecule has 28 heavy (non-hydrogen) atoms. The van der Waals surface area contributed by atoms with Crippen molar-refractivity contribution in [3.63, 3.8) is 0 Å². The molecule has 0 aromatic carbocycles. The third-order valence-electron chi connectivity index (χ3n) is 5.23. The van der Waals surface area contributed by atoms with Crippen LogP contribution in [0.5, 0.6) is 0 Å². The first-order valence-corrected chi connectivity index (χ1v) is 9.74. The molecule has 148 valence electrons. The minimum atomic E-state index is -0.0726. The SMILES string of the molecule is CCCc1cc(C(=O)N2CCC[C@H](c3nnc(Cn4ccnc4)n3C)C2)no1. The van der Waals surface area contributed by atoms with Crippen LogP contribution in [0.3, 0.4) is 0 Å². The molecular formula is C19H25N7O2. The lowest BCUT2D eigenvalue weighted by Crippen LogP contribution is -2.39. The third-order valence-corrected chi connectivity index (χ3v) is 5.23. The Morgan fingerprint density at radius 1 is 1.36 bits per heavy atom. The summed E-state index contributed by atoms with van der Waals surface area (Å²) < 4.78 is 9.27. The lowest BCUT2D eigenvalue weighted by Gasteiger charge is -2.31. The summed E-state index contributed by atoms with van der Waals surface area (Å²) in [5, 5.41) is 12.7. The molecule has 1 aliphatic rings. The maximum absolute atomic E-state index is 12.8. The van der Waals surface area contributed by atoms with Gasteiger partial charge in [0, 0.05) is 50.9 Å². The van der Waals surface area contributed by atoms with E-state index < -0.39 is 0 Å². The number of carbonyl (C=O) groups is 1. The zero-order valence-corrected chi connectivity index (χ0v) is 16.3. The van der Waals surface area contributed by atoms with Crippen LogP contribution in [0, 0.1) is 0 Å². The number of carbonyl (C=O) groups excluding carboxylic acids is 1. The van der Waals surface area contributed by atoms with Gasteiger partial charge in [0.1, 0.15) is 11.6 Å². The van der Waals surface area contributed by atoms with E-state index in [1.165, 1.54) is 0 Å². The van der Waals surface area contributed by atoms with Gasteiger partial charge in [-0.05, 0) is 19.3 Å². The second-order valence-corrected chi connectivity index (χ2v) is 7.29. The van der Waals surface area contributed by atoms with Gasteiger partial charge in [0.2, 0.25) is 0 Å². The fourth-order valence-corrected chi connectivity index (χ4v) is 3.72. The monoisotopic (exact) mass is 383 g/mol. The first-order valence-electron chi connectivity index (χ1n) is 9.74. The van der Waals surface area contributed by atoms with E-state index in [2.05, 4.69) is 27.3 Å². The van der Waals surface area contributed by atoms with Crippen LogP contribution >= 0.6 is 0 Å².